The molecule has 0 atom stereocenters. The molecule has 0 amide bonds. The fourth-order valence-corrected chi connectivity index (χ4v) is 1.12. The summed E-state index contributed by atoms with van der Waals surface area (Å²) in [7, 11) is 0. The maximum atomic E-state index is 4.06. The quantitative estimate of drug-likeness (QED) is 0.573. The molecule has 0 unspecified atom stereocenters. The predicted octanol–water partition coefficient (Wildman–Crippen LogP) is 2.08. The molecule has 53 valence electrons. The van der Waals surface area contributed by atoms with Crippen molar-refractivity contribution in [3.8, 4) is 0 Å². The molecule has 1 rings (SSSR count). The van der Waals surface area contributed by atoms with Crippen molar-refractivity contribution in [2.45, 2.75) is 20.3 Å². The van der Waals surface area contributed by atoms with Gasteiger partial charge in [-0.25, -0.2) is 0 Å². The van der Waals surface area contributed by atoms with Gasteiger partial charge in [-0.15, -0.1) is 0 Å². The fraction of sp³-hybridized carbons (Fsp3) is 0.333. The molecule has 0 aliphatic carbocycles. The van der Waals surface area contributed by atoms with Gasteiger partial charge in [0.2, 0.25) is 0 Å². The van der Waals surface area contributed by atoms with Gasteiger partial charge >= 0.3 is 0 Å². The number of hydrogen-bond donors (Lipinski definition) is 0. The van der Waals surface area contributed by atoms with E-state index in [0.29, 0.717) is 0 Å². The van der Waals surface area contributed by atoms with E-state index in [1.165, 1.54) is 16.7 Å². The van der Waals surface area contributed by atoms with Crippen molar-refractivity contribution in [2.75, 3.05) is 0 Å². The van der Waals surface area contributed by atoms with Crippen LogP contribution in [0.3, 0.4) is 0 Å². The maximum Gasteiger partial charge on any atom is 0.0300 e. The summed E-state index contributed by atoms with van der Waals surface area (Å²) >= 11 is 0. The number of aromatic nitrogens is 1. The van der Waals surface area contributed by atoms with Crippen molar-refractivity contribution >= 4 is 0 Å². The minimum Gasteiger partial charge on any atom is -0.264 e. The van der Waals surface area contributed by atoms with E-state index in [2.05, 4.69) is 25.8 Å². The van der Waals surface area contributed by atoms with Gasteiger partial charge in [0.15, 0.2) is 0 Å². The third kappa shape index (κ3) is 1.18. The zero-order valence-electron chi connectivity index (χ0n) is 6.52. The van der Waals surface area contributed by atoms with Gasteiger partial charge in [-0.3, -0.25) is 4.98 Å². The lowest BCUT2D eigenvalue weighted by Crippen LogP contribution is -1.91. The average molecular weight is 134 g/mol. The number of hydrogen-bond acceptors (Lipinski definition) is 1. The maximum absolute atomic E-state index is 4.06. The van der Waals surface area contributed by atoms with Crippen molar-refractivity contribution in [2.24, 2.45) is 0 Å². The van der Waals surface area contributed by atoms with Crippen LogP contribution >= 0.6 is 0 Å². The van der Waals surface area contributed by atoms with Crippen molar-refractivity contribution in [3.63, 3.8) is 0 Å². The fourth-order valence-electron chi connectivity index (χ4n) is 1.12. The highest BCUT2D eigenvalue weighted by Crippen LogP contribution is 2.10. The van der Waals surface area contributed by atoms with Crippen molar-refractivity contribution in [3.05, 3.63) is 36.0 Å². The monoisotopic (exact) mass is 134 g/mol. The molecule has 1 nitrogen and oxygen atoms in total. The largest absolute Gasteiger partial charge is 0.264 e. The summed E-state index contributed by atoms with van der Waals surface area (Å²) in [6.45, 7) is 7.99. The SMILES string of the molecule is [CH2]Cc1c(C)cncc1C. The van der Waals surface area contributed by atoms with Crippen LogP contribution in [0.25, 0.3) is 0 Å². The highest BCUT2D eigenvalue weighted by molar-refractivity contribution is 5.30. The van der Waals surface area contributed by atoms with Crippen molar-refractivity contribution < 1.29 is 0 Å². The van der Waals surface area contributed by atoms with Gasteiger partial charge in [0.1, 0.15) is 0 Å². The van der Waals surface area contributed by atoms with Gasteiger partial charge in [-0.1, -0.05) is 0 Å². The molecule has 0 saturated carbocycles. The summed E-state index contributed by atoms with van der Waals surface area (Å²) in [5.41, 5.74) is 3.82. The zero-order chi connectivity index (χ0) is 7.56. The molecule has 1 aromatic heterocycles. The first-order valence-electron chi connectivity index (χ1n) is 3.45. The molecule has 1 heterocycles. The first kappa shape index (κ1) is 7.26. The molecular weight excluding hydrogens is 122 g/mol. The van der Waals surface area contributed by atoms with Gasteiger partial charge in [-0.2, -0.15) is 0 Å². The minimum absolute atomic E-state index is 0.861. The molecule has 0 N–H and O–H groups in total. The molecule has 0 aromatic carbocycles. The van der Waals surface area contributed by atoms with Crippen LogP contribution in [0, 0.1) is 20.8 Å². The van der Waals surface area contributed by atoms with E-state index in [1.54, 1.807) is 0 Å². The third-order valence-electron chi connectivity index (χ3n) is 1.74. The Morgan fingerprint density at radius 3 is 2.10 bits per heavy atom. The van der Waals surface area contributed by atoms with Crippen LogP contribution in [0.4, 0.5) is 0 Å². The van der Waals surface area contributed by atoms with Crippen LogP contribution in [0.5, 0.6) is 0 Å². The van der Waals surface area contributed by atoms with E-state index in [0.717, 1.165) is 6.42 Å². The molecule has 0 saturated heterocycles. The van der Waals surface area contributed by atoms with Crippen molar-refractivity contribution in [1.29, 1.82) is 0 Å². The molecule has 1 heteroatoms. The Labute approximate surface area is 62.1 Å². The Balaban J connectivity index is 3.17. The molecule has 1 aromatic rings. The molecule has 10 heavy (non-hydrogen) atoms. The van der Waals surface area contributed by atoms with Crippen LogP contribution in [0.2, 0.25) is 0 Å². The smallest absolute Gasteiger partial charge is 0.0300 e. The zero-order valence-corrected chi connectivity index (χ0v) is 6.52. The minimum atomic E-state index is 0.861. The standard InChI is InChI=1S/C9H12N/c1-4-9-7(2)5-10-6-8(9)3/h5-6H,1,4H2,2-3H3. The normalized spacial score (nSPS) is 9.90. The lowest BCUT2D eigenvalue weighted by Gasteiger charge is -2.04. The number of pyridine rings is 1. The van der Waals surface area contributed by atoms with Crippen LogP contribution in [-0.2, 0) is 6.42 Å². The second kappa shape index (κ2) is 2.82. The second-order valence-corrected chi connectivity index (χ2v) is 2.50. The summed E-state index contributed by atoms with van der Waals surface area (Å²) in [5, 5.41) is 0. The van der Waals surface area contributed by atoms with Gasteiger partial charge in [-0.05, 0) is 43.9 Å². The summed E-state index contributed by atoms with van der Waals surface area (Å²) in [6, 6.07) is 0. The average Bonchev–Trinajstić information content (AvgIpc) is 1.88. The molecule has 1 radical (unpaired) electrons. The molecule has 0 bridgehead atoms. The van der Waals surface area contributed by atoms with Crippen LogP contribution in [0.1, 0.15) is 16.7 Å². The Kier molecular flexibility index (Phi) is 2.05. The molecule has 0 aliphatic heterocycles. The van der Waals surface area contributed by atoms with Crippen molar-refractivity contribution in [1.82, 2.24) is 4.98 Å². The molecule has 0 fully saturated rings. The summed E-state index contributed by atoms with van der Waals surface area (Å²) in [6.07, 6.45) is 4.63. The lowest BCUT2D eigenvalue weighted by atomic mass is 10.0. The number of rotatable bonds is 1. The summed E-state index contributed by atoms with van der Waals surface area (Å²) in [5.74, 6) is 0. The second-order valence-electron chi connectivity index (χ2n) is 2.50. The number of aryl methyl sites for hydroxylation is 2. The Hall–Kier alpha value is -0.850. The van der Waals surface area contributed by atoms with Gasteiger partial charge in [0.05, 0.1) is 0 Å². The van der Waals surface area contributed by atoms with E-state index in [4.69, 9.17) is 0 Å². The molecule has 0 aliphatic rings. The van der Waals surface area contributed by atoms with E-state index in [9.17, 15) is 0 Å². The highest BCUT2D eigenvalue weighted by atomic mass is 14.6. The van der Waals surface area contributed by atoms with E-state index >= 15 is 0 Å². The Bertz CT molecular complexity index is 208. The van der Waals surface area contributed by atoms with E-state index < -0.39 is 0 Å². The van der Waals surface area contributed by atoms with E-state index in [-0.39, 0.29) is 0 Å². The predicted molar refractivity (Wildman–Crippen MR) is 42.8 cm³/mol. The van der Waals surface area contributed by atoms with Gasteiger partial charge in [0.25, 0.3) is 0 Å². The molecular formula is C9H12N. The topological polar surface area (TPSA) is 12.9 Å². The number of nitrogens with zero attached hydrogens (tertiary/aromatic N) is 1. The van der Waals surface area contributed by atoms with E-state index in [1.807, 2.05) is 12.4 Å². The first-order valence-corrected chi connectivity index (χ1v) is 3.45. The Morgan fingerprint density at radius 2 is 1.80 bits per heavy atom. The van der Waals surface area contributed by atoms with Gasteiger partial charge in [0, 0.05) is 12.4 Å². The van der Waals surface area contributed by atoms with Crippen LogP contribution in [0.15, 0.2) is 12.4 Å². The highest BCUT2D eigenvalue weighted by Gasteiger charge is 1.97. The lowest BCUT2D eigenvalue weighted by molar-refractivity contribution is 1.11. The van der Waals surface area contributed by atoms with Crippen LogP contribution < -0.4 is 0 Å². The molecule has 0 spiro atoms. The Morgan fingerprint density at radius 1 is 1.30 bits per heavy atom. The first-order chi connectivity index (χ1) is 4.75. The third-order valence-corrected chi connectivity index (χ3v) is 1.74. The van der Waals surface area contributed by atoms with Crippen LogP contribution in [-0.4, -0.2) is 4.98 Å². The summed E-state index contributed by atoms with van der Waals surface area (Å²) < 4.78 is 0. The van der Waals surface area contributed by atoms with Gasteiger partial charge < -0.3 is 0 Å². The summed E-state index contributed by atoms with van der Waals surface area (Å²) in [4.78, 5) is 4.06.